The topological polar surface area (TPSA) is 75.9 Å². The molecule has 0 spiro atoms. The van der Waals surface area contributed by atoms with Gasteiger partial charge in [0.15, 0.2) is 5.65 Å². The summed E-state index contributed by atoms with van der Waals surface area (Å²) >= 11 is 0. The number of likely N-dealkylation sites (tertiary alicyclic amines) is 1. The minimum absolute atomic E-state index is 0.274. The monoisotopic (exact) mass is 499 g/mol. The average molecular weight is 500 g/mol. The van der Waals surface area contributed by atoms with Crippen molar-refractivity contribution in [3.63, 3.8) is 0 Å². The number of piperidine rings is 1. The molecule has 7 heteroatoms. The highest BCUT2D eigenvalue weighted by molar-refractivity contribution is 5.69. The Morgan fingerprint density at radius 1 is 0.946 bits per heavy atom. The molecule has 1 aliphatic rings. The second-order valence-electron chi connectivity index (χ2n) is 10.8. The van der Waals surface area contributed by atoms with Crippen molar-refractivity contribution in [2.24, 2.45) is 18.9 Å². The number of benzene rings is 2. The van der Waals surface area contributed by atoms with Crippen molar-refractivity contribution in [3.8, 4) is 0 Å². The first-order valence-electron chi connectivity index (χ1n) is 13.4. The zero-order valence-electron chi connectivity index (χ0n) is 22.1. The summed E-state index contributed by atoms with van der Waals surface area (Å²) < 4.78 is 2.80. The number of aromatic nitrogens is 4. The summed E-state index contributed by atoms with van der Waals surface area (Å²) in [6.07, 6.45) is 3.01. The summed E-state index contributed by atoms with van der Waals surface area (Å²) in [6.45, 7) is 7.61. The van der Waals surface area contributed by atoms with Gasteiger partial charge in [-0.3, -0.25) is 13.9 Å². The Labute approximate surface area is 217 Å². The van der Waals surface area contributed by atoms with Crippen LogP contribution in [-0.4, -0.2) is 43.6 Å². The molecule has 1 N–H and O–H groups in total. The lowest BCUT2D eigenvalue weighted by Crippen LogP contribution is -2.38. The fourth-order valence-corrected chi connectivity index (χ4v) is 5.76. The van der Waals surface area contributed by atoms with Gasteiger partial charge in [0.1, 0.15) is 11.3 Å². The minimum atomic E-state index is -0.313. The van der Waals surface area contributed by atoms with Crippen molar-refractivity contribution in [2.45, 2.75) is 45.6 Å². The Hall–Kier alpha value is -3.45. The number of hydrogen-bond donors (Lipinski definition) is 1. The first kappa shape index (κ1) is 25.2. The fraction of sp³-hybridized carbons (Fsp3) is 0.433. The third-order valence-electron chi connectivity index (χ3n) is 7.66. The normalized spacial score (nSPS) is 15.3. The smallest absolute Gasteiger partial charge is 0.332 e. The van der Waals surface area contributed by atoms with E-state index in [-0.39, 0.29) is 17.2 Å². The Morgan fingerprint density at radius 2 is 1.54 bits per heavy atom. The fourth-order valence-electron chi connectivity index (χ4n) is 5.76. The Balaban J connectivity index is 1.28. The maximum Gasteiger partial charge on any atom is 0.332 e. The van der Waals surface area contributed by atoms with E-state index < -0.39 is 0 Å². The lowest BCUT2D eigenvalue weighted by atomic mass is 9.76. The highest BCUT2D eigenvalue weighted by Crippen LogP contribution is 2.37. The van der Waals surface area contributed by atoms with Crippen molar-refractivity contribution in [2.75, 3.05) is 19.6 Å². The van der Waals surface area contributed by atoms with Gasteiger partial charge in [0.25, 0.3) is 5.56 Å². The maximum absolute atomic E-state index is 12.7. The Morgan fingerprint density at radius 3 is 2.11 bits per heavy atom. The van der Waals surface area contributed by atoms with Crippen LogP contribution >= 0.6 is 0 Å². The molecule has 3 heterocycles. The van der Waals surface area contributed by atoms with Gasteiger partial charge in [-0.15, -0.1) is 0 Å². The van der Waals surface area contributed by atoms with Crippen molar-refractivity contribution >= 4 is 11.2 Å². The number of fused-ring (bicyclic) bond motifs is 1. The van der Waals surface area contributed by atoms with Crippen LogP contribution in [0.25, 0.3) is 11.2 Å². The first-order chi connectivity index (χ1) is 17.9. The summed E-state index contributed by atoms with van der Waals surface area (Å²) in [5.41, 5.74) is 3.06. The second-order valence-corrected chi connectivity index (χ2v) is 10.8. The average Bonchev–Trinajstić information content (AvgIpc) is 3.35. The first-order valence-corrected chi connectivity index (χ1v) is 13.4. The molecule has 5 rings (SSSR count). The largest absolute Gasteiger partial charge is 0.336 e. The van der Waals surface area contributed by atoms with Crippen LogP contribution in [0.5, 0.6) is 0 Å². The van der Waals surface area contributed by atoms with E-state index >= 15 is 0 Å². The van der Waals surface area contributed by atoms with Crippen LogP contribution in [0.3, 0.4) is 0 Å². The number of rotatable bonds is 8. The van der Waals surface area contributed by atoms with Gasteiger partial charge in [-0.25, -0.2) is 9.78 Å². The van der Waals surface area contributed by atoms with E-state index in [0.29, 0.717) is 29.5 Å². The summed E-state index contributed by atoms with van der Waals surface area (Å²) in [7, 11) is 1.53. The van der Waals surface area contributed by atoms with Gasteiger partial charge in [0, 0.05) is 32.5 Å². The van der Waals surface area contributed by atoms with E-state index in [1.807, 2.05) is 0 Å². The van der Waals surface area contributed by atoms with Crippen LogP contribution in [0.4, 0.5) is 0 Å². The predicted octanol–water partition coefficient (Wildman–Crippen LogP) is 4.17. The zero-order valence-corrected chi connectivity index (χ0v) is 22.1. The quantitative estimate of drug-likeness (QED) is 0.395. The Kier molecular flexibility index (Phi) is 7.42. The molecule has 7 nitrogen and oxygen atoms in total. The number of imidazole rings is 1. The highest BCUT2D eigenvalue weighted by atomic mass is 16.2. The number of hydrogen-bond acceptors (Lipinski definition) is 4. The van der Waals surface area contributed by atoms with E-state index in [1.165, 1.54) is 22.7 Å². The van der Waals surface area contributed by atoms with Gasteiger partial charge in [0.2, 0.25) is 0 Å². The number of nitrogens with one attached hydrogen (secondary N) is 1. The lowest BCUT2D eigenvalue weighted by molar-refractivity contribution is 0.176. The molecule has 4 aromatic rings. The number of nitrogens with zero attached hydrogens (tertiary/aromatic N) is 4. The molecule has 0 bridgehead atoms. The summed E-state index contributed by atoms with van der Waals surface area (Å²) in [4.78, 5) is 35.8. The molecule has 37 heavy (non-hydrogen) atoms. The third-order valence-corrected chi connectivity index (χ3v) is 7.66. The molecule has 0 amide bonds. The van der Waals surface area contributed by atoms with Crippen molar-refractivity contribution in [1.82, 2.24) is 24.0 Å². The van der Waals surface area contributed by atoms with Gasteiger partial charge < -0.3 is 9.88 Å². The lowest BCUT2D eigenvalue weighted by Gasteiger charge is -2.36. The molecule has 1 saturated heterocycles. The van der Waals surface area contributed by atoms with Crippen LogP contribution in [-0.2, 0) is 20.0 Å². The summed E-state index contributed by atoms with van der Waals surface area (Å²) in [5.74, 6) is 2.05. The van der Waals surface area contributed by atoms with Gasteiger partial charge in [0.05, 0.1) is 0 Å². The van der Waals surface area contributed by atoms with Crippen LogP contribution in [0, 0.1) is 11.8 Å². The second kappa shape index (κ2) is 10.9. The molecule has 2 aromatic carbocycles. The maximum atomic E-state index is 12.7. The van der Waals surface area contributed by atoms with Gasteiger partial charge in [-0.2, -0.15) is 0 Å². The van der Waals surface area contributed by atoms with Crippen LogP contribution in [0.2, 0.25) is 0 Å². The van der Waals surface area contributed by atoms with Crippen LogP contribution in [0.15, 0.2) is 70.3 Å². The summed E-state index contributed by atoms with van der Waals surface area (Å²) in [5, 5.41) is 0. The van der Waals surface area contributed by atoms with Crippen molar-refractivity contribution < 1.29 is 0 Å². The molecular formula is C30H37N5O2. The molecule has 1 aliphatic heterocycles. The predicted molar refractivity (Wildman–Crippen MR) is 148 cm³/mol. The van der Waals surface area contributed by atoms with Gasteiger partial charge in [-0.05, 0) is 48.9 Å². The molecule has 194 valence electrons. The van der Waals surface area contributed by atoms with Crippen LogP contribution in [0.1, 0.15) is 49.6 Å². The Bertz CT molecular complexity index is 1410. The van der Waals surface area contributed by atoms with Gasteiger partial charge in [-0.1, -0.05) is 74.5 Å². The zero-order chi connectivity index (χ0) is 25.9. The van der Waals surface area contributed by atoms with Crippen molar-refractivity contribution in [3.05, 3.63) is 98.5 Å². The highest BCUT2D eigenvalue weighted by Gasteiger charge is 2.29. The van der Waals surface area contributed by atoms with E-state index in [1.54, 1.807) is 4.57 Å². The number of aromatic amines is 1. The molecular weight excluding hydrogens is 462 g/mol. The summed E-state index contributed by atoms with van der Waals surface area (Å²) in [6, 6.07) is 21.8. The molecule has 2 aromatic heterocycles. The van der Waals surface area contributed by atoms with E-state index in [2.05, 4.69) is 84.4 Å². The third kappa shape index (κ3) is 5.32. The standard InChI is InChI=1S/C30H37N5O2/c1-21(2)20-35-28-27(29(36)33(3)30(35)37)31-25(32-28)16-19-34-17-14-24(15-18-34)26(22-10-6-4-7-11-22)23-12-8-5-9-13-23/h4-13,21,24,26H,14-20H2,1-3H3,(H,31,32). The van der Waals surface area contributed by atoms with E-state index in [0.717, 1.165) is 44.7 Å². The van der Waals surface area contributed by atoms with Crippen LogP contribution < -0.4 is 11.2 Å². The van der Waals surface area contributed by atoms with E-state index in [4.69, 9.17) is 4.98 Å². The molecule has 0 atom stereocenters. The molecule has 0 saturated carbocycles. The molecule has 0 radical (unpaired) electrons. The molecule has 0 unspecified atom stereocenters. The minimum Gasteiger partial charge on any atom is -0.336 e. The van der Waals surface area contributed by atoms with Gasteiger partial charge >= 0.3 is 5.69 Å². The molecule has 0 aliphatic carbocycles. The SMILES string of the molecule is CC(C)Cn1c(=O)n(C)c(=O)c2[nH]c(CCN3CCC(C(c4ccccc4)c4ccccc4)CC3)nc21. The van der Waals surface area contributed by atoms with E-state index in [9.17, 15) is 9.59 Å². The number of H-pyrrole nitrogens is 1. The molecule has 1 fully saturated rings. The van der Waals surface area contributed by atoms with Crippen molar-refractivity contribution in [1.29, 1.82) is 0 Å².